The summed E-state index contributed by atoms with van der Waals surface area (Å²) in [5.41, 5.74) is 5.24. The molecule has 0 aliphatic heterocycles. The third-order valence-corrected chi connectivity index (χ3v) is 2.91. The molecule has 1 atom stereocenters. The third-order valence-electron chi connectivity index (χ3n) is 2.91. The number of hydrogen-bond acceptors (Lipinski definition) is 1. The lowest BCUT2D eigenvalue weighted by molar-refractivity contribution is 0.0974. The second-order valence-electron chi connectivity index (χ2n) is 4.10. The Labute approximate surface area is 86.1 Å². The Bertz CT molecular complexity index is 361. The first-order valence-electron chi connectivity index (χ1n) is 4.85. The molecular formula is C11H12F3N. The van der Waals surface area contributed by atoms with Gasteiger partial charge in [-0.1, -0.05) is 12.1 Å². The first-order chi connectivity index (χ1) is 7.03. The molecule has 1 aromatic rings. The quantitative estimate of drug-likeness (QED) is 0.824. The minimum atomic E-state index is -2.54. The largest absolute Gasteiger partial charge is 0.324 e. The van der Waals surface area contributed by atoms with Crippen molar-refractivity contribution in [1.29, 1.82) is 0 Å². The van der Waals surface area contributed by atoms with Gasteiger partial charge in [0.1, 0.15) is 5.82 Å². The molecule has 0 heterocycles. The number of rotatable bonds is 3. The Morgan fingerprint density at radius 1 is 1.27 bits per heavy atom. The van der Waals surface area contributed by atoms with Gasteiger partial charge in [-0.2, -0.15) is 0 Å². The van der Waals surface area contributed by atoms with Crippen molar-refractivity contribution in [2.75, 3.05) is 0 Å². The van der Waals surface area contributed by atoms with Crippen LogP contribution in [-0.4, -0.2) is 12.0 Å². The minimum absolute atomic E-state index is 0.296. The van der Waals surface area contributed by atoms with Crippen LogP contribution in [0.2, 0.25) is 0 Å². The lowest BCUT2D eigenvalue weighted by Gasteiger charge is -2.23. The molecule has 82 valence electrons. The summed E-state index contributed by atoms with van der Waals surface area (Å²) in [6.07, 6.45) is -1.38. The number of alkyl halides is 2. The predicted molar refractivity (Wildman–Crippen MR) is 51.3 cm³/mol. The molecule has 15 heavy (non-hydrogen) atoms. The van der Waals surface area contributed by atoms with Gasteiger partial charge >= 0.3 is 0 Å². The summed E-state index contributed by atoms with van der Waals surface area (Å²) in [5, 5.41) is 0. The number of halogens is 3. The maximum Gasteiger partial charge on any atom is 0.247 e. The van der Waals surface area contributed by atoms with Crippen molar-refractivity contribution in [3.05, 3.63) is 35.6 Å². The molecule has 1 aliphatic carbocycles. The molecule has 0 amide bonds. The molecule has 0 radical (unpaired) electrons. The van der Waals surface area contributed by atoms with Gasteiger partial charge in [0.15, 0.2) is 0 Å². The van der Waals surface area contributed by atoms with Gasteiger partial charge in [0.25, 0.3) is 0 Å². The van der Waals surface area contributed by atoms with E-state index in [0.29, 0.717) is 18.4 Å². The Balaban J connectivity index is 2.33. The second-order valence-corrected chi connectivity index (χ2v) is 4.10. The zero-order valence-corrected chi connectivity index (χ0v) is 8.09. The molecule has 0 aromatic heterocycles. The molecule has 1 aromatic carbocycles. The first-order valence-corrected chi connectivity index (χ1v) is 4.85. The fourth-order valence-electron chi connectivity index (χ4n) is 1.88. The van der Waals surface area contributed by atoms with E-state index in [4.69, 9.17) is 5.73 Å². The maximum atomic E-state index is 12.9. The predicted octanol–water partition coefficient (Wildman–Crippen LogP) is 2.67. The molecule has 1 aliphatic rings. The van der Waals surface area contributed by atoms with Gasteiger partial charge < -0.3 is 5.73 Å². The average Bonchev–Trinajstić information content (AvgIpc) is 2.83. The van der Waals surface area contributed by atoms with Crippen LogP contribution in [0.15, 0.2) is 24.3 Å². The van der Waals surface area contributed by atoms with Crippen LogP contribution in [0.25, 0.3) is 0 Å². The van der Waals surface area contributed by atoms with E-state index in [1.165, 1.54) is 18.2 Å². The summed E-state index contributed by atoms with van der Waals surface area (Å²) >= 11 is 0. The van der Waals surface area contributed by atoms with E-state index in [0.717, 1.165) is 6.07 Å². The molecule has 1 nitrogen and oxygen atoms in total. The number of benzene rings is 1. The Morgan fingerprint density at radius 3 is 2.40 bits per heavy atom. The zero-order valence-electron chi connectivity index (χ0n) is 8.09. The van der Waals surface area contributed by atoms with Gasteiger partial charge in [-0.15, -0.1) is 0 Å². The molecule has 0 saturated heterocycles. The highest BCUT2D eigenvalue weighted by atomic mass is 19.3. The normalized spacial score (nSPS) is 20.3. The van der Waals surface area contributed by atoms with E-state index in [1.54, 1.807) is 0 Å². The van der Waals surface area contributed by atoms with Crippen LogP contribution >= 0.6 is 0 Å². The standard InChI is InChI=1S/C11H12F3N/c12-8-3-1-2-7(6-8)9(10(13)14)11(15)4-5-11/h1-3,6,9-10H,4-5,15H2. The number of hydrogen-bond donors (Lipinski definition) is 1. The Morgan fingerprint density at radius 2 is 1.93 bits per heavy atom. The summed E-state index contributed by atoms with van der Waals surface area (Å²) in [5.74, 6) is -1.55. The van der Waals surface area contributed by atoms with Crippen LogP contribution in [0.5, 0.6) is 0 Å². The van der Waals surface area contributed by atoms with Gasteiger partial charge in [-0.25, -0.2) is 13.2 Å². The molecule has 4 heteroatoms. The smallest absolute Gasteiger partial charge is 0.247 e. The zero-order chi connectivity index (χ0) is 11.1. The van der Waals surface area contributed by atoms with Crippen LogP contribution in [-0.2, 0) is 0 Å². The molecular weight excluding hydrogens is 203 g/mol. The van der Waals surface area contributed by atoms with E-state index in [2.05, 4.69) is 0 Å². The fraction of sp³-hybridized carbons (Fsp3) is 0.455. The van der Waals surface area contributed by atoms with Crippen LogP contribution < -0.4 is 5.73 Å². The van der Waals surface area contributed by atoms with Crippen molar-refractivity contribution in [3.8, 4) is 0 Å². The van der Waals surface area contributed by atoms with Crippen molar-refractivity contribution in [3.63, 3.8) is 0 Å². The summed E-state index contributed by atoms with van der Waals surface area (Å²) in [7, 11) is 0. The molecule has 1 unspecified atom stereocenters. The molecule has 0 spiro atoms. The highest BCUT2D eigenvalue weighted by Gasteiger charge is 2.50. The van der Waals surface area contributed by atoms with E-state index in [-0.39, 0.29) is 0 Å². The highest BCUT2D eigenvalue weighted by Crippen LogP contribution is 2.47. The van der Waals surface area contributed by atoms with E-state index < -0.39 is 23.7 Å². The molecule has 1 fully saturated rings. The van der Waals surface area contributed by atoms with Gasteiger partial charge in [-0.3, -0.25) is 0 Å². The van der Waals surface area contributed by atoms with Crippen LogP contribution in [0.4, 0.5) is 13.2 Å². The lowest BCUT2D eigenvalue weighted by atomic mass is 9.90. The van der Waals surface area contributed by atoms with Gasteiger partial charge in [0.05, 0.1) is 5.92 Å². The van der Waals surface area contributed by atoms with Crippen molar-refractivity contribution in [2.45, 2.75) is 30.7 Å². The summed E-state index contributed by atoms with van der Waals surface area (Å²) in [4.78, 5) is 0. The van der Waals surface area contributed by atoms with Crippen molar-refractivity contribution >= 4 is 0 Å². The minimum Gasteiger partial charge on any atom is -0.324 e. The van der Waals surface area contributed by atoms with Crippen molar-refractivity contribution in [2.24, 2.45) is 5.73 Å². The van der Waals surface area contributed by atoms with Crippen LogP contribution in [0.1, 0.15) is 24.3 Å². The number of nitrogens with two attached hydrogens (primary N) is 1. The monoisotopic (exact) mass is 215 g/mol. The van der Waals surface area contributed by atoms with Gasteiger partial charge in [0, 0.05) is 5.54 Å². The maximum absolute atomic E-state index is 12.9. The fourth-order valence-corrected chi connectivity index (χ4v) is 1.88. The molecule has 2 rings (SSSR count). The Hall–Kier alpha value is -1.03. The Kier molecular flexibility index (Phi) is 2.46. The van der Waals surface area contributed by atoms with Crippen molar-refractivity contribution in [1.82, 2.24) is 0 Å². The molecule has 1 saturated carbocycles. The summed E-state index contributed by atoms with van der Waals surface area (Å²) in [6, 6.07) is 5.32. The summed E-state index contributed by atoms with van der Waals surface area (Å²) < 4.78 is 38.6. The van der Waals surface area contributed by atoms with Gasteiger partial charge in [-0.05, 0) is 30.5 Å². The topological polar surface area (TPSA) is 26.0 Å². The second kappa shape index (κ2) is 3.52. The molecule has 0 bridgehead atoms. The lowest BCUT2D eigenvalue weighted by Crippen LogP contribution is -2.35. The molecule has 2 N–H and O–H groups in total. The SMILES string of the molecule is NC1(C(c2cccc(F)c2)C(F)F)CC1. The van der Waals surface area contributed by atoms with Crippen molar-refractivity contribution < 1.29 is 13.2 Å². The average molecular weight is 215 g/mol. The van der Waals surface area contributed by atoms with E-state index in [1.807, 2.05) is 0 Å². The van der Waals surface area contributed by atoms with Crippen LogP contribution in [0.3, 0.4) is 0 Å². The van der Waals surface area contributed by atoms with Gasteiger partial charge in [0.2, 0.25) is 6.43 Å². The van der Waals surface area contributed by atoms with E-state index in [9.17, 15) is 13.2 Å². The van der Waals surface area contributed by atoms with E-state index >= 15 is 0 Å². The van der Waals surface area contributed by atoms with Crippen LogP contribution in [0, 0.1) is 5.82 Å². The highest BCUT2D eigenvalue weighted by molar-refractivity contribution is 5.28. The third kappa shape index (κ3) is 2.00. The first kappa shape index (κ1) is 10.5. The summed E-state index contributed by atoms with van der Waals surface area (Å²) in [6.45, 7) is 0.